The van der Waals surface area contributed by atoms with E-state index in [2.05, 4.69) is 51.3 Å². The lowest BCUT2D eigenvalue weighted by Gasteiger charge is -2.03. The first-order chi connectivity index (χ1) is 8.38. The van der Waals surface area contributed by atoms with Gasteiger partial charge in [-0.15, -0.1) is 11.8 Å². The van der Waals surface area contributed by atoms with Crippen LogP contribution in [0.25, 0.3) is 0 Å². The van der Waals surface area contributed by atoms with Crippen LogP contribution in [0.3, 0.4) is 0 Å². The molecule has 1 N–H and O–H groups in total. The number of hydrogen-bond acceptors (Lipinski definition) is 6. The van der Waals surface area contributed by atoms with E-state index in [1.165, 1.54) is 22.0 Å². The Morgan fingerprint density at radius 1 is 1.29 bits per heavy atom. The Bertz CT molecular complexity index is 427. The second-order valence-corrected chi connectivity index (χ2v) is 5.49. The van der Waals surface area contributed by atoms with E-state index < -0.39 is 0 Å². The van der Waals surface area contributed by atoms with Gasteiger partial charge in [-0.25, -0.2) is 0 Å². The van der Waals surface area contributed by atoms with Crippen LogP contribution in [-0.2, 0) is 6.42 Å². The standard InChI is InChI=1S/C11H14N4S2/c1-2-16-10-5-3-9(4-6-10)7-8-12-11-13-14-15-17-11/h3-6H,2,7-8H2,1H3,(H,12,13,15). The molecule has 0 saturated carbocycles. The summed E-state index contributed by atoms with van der Waals surface area (Å²) in [6.07, 6.45) is 0.983. The third kappa shape index (κ3) is 3.98. The SMILES string of the molecule is CCSc1ccc(CCNc2nnns2)cc1. The lowest BCUT2D eigenvalue weighted by Crippen LogP contribution is -2.04. The van der Waals surface area contributed by atoms with Crippen LogP contribution in [0.5, 0.6) is 0 Å². The van der Waals surface area contributed by atoms with E-state index in [-0.39, 0.29) is 0 Å². The average molecular weight is 266 g/mol. The van der Waals surface area contributed by atoms with Gasteiger partial charge in [0.2, 0.25) is 5.13 Å². The minimum Gasteiger partial charge on any atom is -0.359 e. The van der Waals surface area contributed by atoms with Crippen LogP contribution < -0.4 is 5.32 Å². The Morgan fingerprint density at radius 2 is 2.12 bits per heavy atom. The van der Waals surface area contributed by atoms with E-state index in [0.29, 0.717) is 0 Å². The zero-order chi connectivity index (χ0) is 11.9. The van der Waals surface area contributed by atoms with Crippen LogP contribution >= 0.6 is 23.3 Å². The summed E-state index contributed by atoms with van der Waals surface area (Å²) in [6.45, 7) is 3.02. The van der Waals surface area contributed by atoms with E-state index in [4.69, 9.17) is 0 Å². The van der Waals surface area contributed by atoms with Crippen molar-refractivity contribution in [1.82, 2.24) is 14.8 Å². The molecule has 0 radical (unpaired) electrons. The van der Waals surface area contributed by atoms with E-state index in [9.17, 15) is 0 Å². The Balaban J connectivity index is 1.79. The van der Waals surface area contributed by atoms with Crippen molar-refractivity contribution in [1.29, 1.82) is 0 Å². The summed E-state index contributed by atoms with van der Waals surface area (Å²) in [4.78, 5) is 1.33. The van der Waals surface area contributed by atoms with Crippen LogP contribution in [0.1, 0.15) is 12.5 Å². The third-order valence-electron chi connectivity index (χ3n) is 2.22. The molecule has 90 valence electrons. The van der Waals surface area contributed by atoms with Gasteiger partial charge in [0, 0.05) is 23.0 Å². The summed E-state index contributed by atoms with van der Waals surface area (Å²) < 4.78 is 3.70. The summed E-state index contributed by atoms with van der Waals surface area (Å²) in [5.41, 5.74) is 1.33. The quantitative estimate of drug-likeness (QED) is 0.815. The molecular formula is C11H14N4S2. The summed E-state index contributed by atoms with van der Waals surface area (Å²) >= 11 is 3.15. The predicted molar refractivity (Wildman–Crippen MR) is 72.7 cm³/mol. The van der Waals surface area contributed by atoms with Crippen molar-refractivity contribution < 1.29 is 0 Å². The Morgan fingerprint density at radius 3 is 2.76 bits per heavy atom. The predicted octanol–water partition coefficient (Wildman–Crippen LogP) is 2.70. The maximum atomic E-state index is 3.83. The number of thioether (sulfide) groups is 1. The molecule has 1 aromatic carbocycles. The number of aromatic nitrogens is 3. The minimum atomic E-state index is 0.781. The fourth-order valence-electron chi connectivity index (χ4n) is 1.43. The second-order valence-electron chi connectivity index (χ2n) is 3.42. The summed E-state index contributed by atoms with van der Waals surface area (Å²) in [5, 5.41) is 11.3. The van der Waals surface area contributed by atoms with Gasteiger partial charge in [0.1, 0.15) is 0 Å². The number of rotatable bonds is 6. The molecule has 0 aliphatic rings. The number of nitrogens with zero attached hydrogens (tertiary/aromatic N) is 3. The number of nitrogens with one attached hydrogen (secondary N) is 1. The van der Waals surface area contributed by atoms with Gasteiger partial charge < -0.3 is 5.32 Å². The molecule has 0 aliphatic heterocycles. The monoisotopic (exact) mass is 266 g/mol. The van der Waals surface area contributed by atoms with Crippen LogP contribution in [0.15, 0.2) is 29.2 Å². The maximum absolute atomic E-state index is 3.83. The number of anilines is 1. The lowest BCUT2D eigenvalue weighted by atomic mass is 10.1. The molecule has 6 heteroatoms. The smallest absolute Gasteiger partial charge is 0.225 e. The van der Waals surface area contributed by atoms with Gasteiger partial charge in [0.15, 0.2) is 0 Å². The van der Waals surface area contributed by atoms with E-state index in [1.807, 2.05) is 11.8 Å². The van der Waals surface area contributed by atoms with Crippen molar-refractivity contribution in [2.45, 2.75) is 18.2 Å². The number of hydrogen-bond donors (Lipinski definition) is 1. The fraction of sp³-hybridized carbons (Fsp3) is 0.364. The Kier molecular flexibility index (Phi) is 4.75. The molecule has 0 saturated heterocycles. The lowest BCUT2D eigenvalue weighted by molar-refractivity contribution is 0.941. The van der Waals surface area contributed by atoms with Crippen molar-refractivity contribution in [2.24, 2.45) is 0 Å². The summed E-state index contributed by atoms with van der Waals surface area (Å²) in [7, 11) is 0. The average Bonchev–Trinajstić information content (AvgIpc) is 2.85. The van der Waals surface area contributed by atoms with Gasteiger partial charge in [-0.05, 0) is 35.1 Å². The first-order valence-electron chi connectivity index (χ1n) is 5.49. The van der Waals surface area contributed by atoms with Gasteiger partial charge in [0.05, 0.1) is 0 Å². The summed E-state index contributed by atoms with van der Waals surface area (Å²) in [5.74, 6) is 1.12. The molecule has 0 aliphatic carbocycles. The van der Waals surface area contributed by atoms with Gasteiger partial charge in [-0.1, -0.05) is 28.6 Å². The second kappa shape index (κ2) is 6.56. The highest BCUT2D eigenvalue weighted by molar-refractivity contribution is 7.99. The molecular weight excluding hydrogens is 252 g/mol. The Labute approximate surface area is 109 Å². The third-order valence-corrected chi connectivity index (χ3v) is 3.67. The van der Waals surface area contributed by atoms with Crippen LogP contribution in [0.4, 0.5) is 5.13 Å². The number of benzene rings is 1. The van der Waals surface area contributed by atoms with E-state index in [0.717, 1.165) is 23.8 Å². The van der Waals surface area contributed by atoms with Gasteiger partial charge in [-0.3, -0.25) is 0 Å². The van der Waals surface area contributed by atoms with Crippen molar-refractivity contribution in [3.8, 4) is 0 Å². The van der Waals surface area contributed by atoms with Crippen molar-refractivity contribution in [3.63, 3.8) is 0 Å². The molecule has 2 aromatic rings. The largest absolute Gasteiger partial charge is 0.359 e. The highest BCUT2D eigenvalue weighted by atomic mass is 32.2. The van der Waals surface area contributed by atoms with E-state index in [1.54, 1.807) is 0 Å². The molecule has 1 heterocycles. The molecule has 0 amide bonds. The molecule has 0 unspecified atom stereocenters. The van der Waals surface area contributed by atoms with Crippen molar-refractivity contribution >= 4 is 28.4 Å². The molecule has 0 spiro atoms. The first kappa shape index (κ1) is 12.3. The van der Waals surface area contributed by atoms with Gasteiger partial charge >= 0.3 is 0 Å². The van der Waals surface area contributed by atoms with Crippen LogP contribution in [0.2, 0.25) is 0 Å². The topological polar surface area (TPSA) is 50.7 Å². The van der Waals surface area contributed by atoms with Crippen LogP contribution in [0, 0.1) is 0 Å². The zero-order valence-corrected chi connectivity index (χ0v) is 11.2. The van der Waals surface area contributed by atoms with Gasteiger partial charge in [0.25, 0.3) is 0 Å². The highest BCUT2D eigenvalue weighted by Crippen LogP contribution is 2.17. The molecule has 0 atom stereocenters. The highest BCUT2D eigenvalue weighted by Gasteiger charge is 1.98. The summed E-state index contributed by atoms with van der Waals surface area (Å²) in [6, 6.07) is 8.71. The van der Waals surface area contributed by atoms with Crippen LogP contribution in [-0.4, -0.2) is 27.1 Å². The minimum absolute atomic E-state index is 0.781. The first-order valence-corrected chi connectivity index (χ1v) is 7.25. The zero-order valence-electron chi connectivity index (χ0n) is 9.59. The Hall–Kier alpha value is -1.14. The fourth-order valence-corrected chi connectivity index (χ4v) is 2.49. The van der Waals surface area contributed by atoms with Gasteiger partial charge in [-0.2, -0.15) is 0 Å². The molecule has 4 nitrogen and oxygen atoms in total. The molecule has 2 rings (SSSR count). The normalized spacial score (nSPS) is 10.4. The maximum Gasteiger partial charge on any atom is 0.225 e. The molecule has 17 heavy (non-hydrogen) atoms. The van der Waals surface area contributed by atoms with E-state index >= 15 is 0 Å². The molecule has 0 fully saturated rings. The molecule has 1 aromatic heterocycles. The van der Waals surface area contributed by atoms with Crippen molar-refractivity contribution in [2.75, 3.05) is 17.6 Å². The molecule has 0 bridgehead atoms. The van der Waals surface area contributed by atoms with Crippen molar-refractivity contribution in [3.05, 3.63) is 29.8 Å².